The van der Waals surface area contributed by atoms with E-state index in [2.05, 4.69) is 5.32 Å². The van der Waals surface area contributed by atoms with Gasteiger partial charge in [-0.1, -0.05) is 12.1 Å². The number of nitriles is 1. The maximum Gasteiger partial charge on any atom is 0.266 e. The summed E-state index contributed by atoms with van der Waals surface area (Å²) in [7, 11) is 0. The monoisotopic (exact) mass is 339 g/mol. The first kappa shape index (κ1) is 17.6. The van der Waals surface area contributed by atoms with E-state index in [1.165, 1.54) is 6.08 Å². The molecular formula is C18H17N3O2S. The van der Waals surface area contributed by atoms with Crippen molar-refractivity contribution in [2.45, 2.75) is 11.8 Å². The van der Waals surface area contributed by atoms with Crippen LogP contribution in [0.25, 0.3) is 6.08 Å². The number of carbonyl (C=O) groups is 1. The number of ether oxygens (including phenoxy) is 1. The Hall–Kier alpha value is -2.75. The number of carbonyl (C=O) groups excluding carboxylic acids is 1. The van der Waals surface area contributed by atoms with E-state index in [0.717, 1.165) is 28.2 Å². The second-order valence-corrected chi connectivity index (χ2v) is 5.48. The molecule has 2 aromatic carbocycles. The van der Waals surface area contributed by atoms with Crippen LogP contribution >= 0.6 is 11.9 Å². The first-order chi connectivity index (χ1) is 11.7. The molecular weight excluding hydrogens is 322 g/mol. The maximum absolute atomic E-state index is 12.2. The average molecular weight is 339 g/mol. The highest BCUT2D eigenvalue weighted by molar-refractivity contribution is 7.97. The fourth-order valence-corrected chi connectivity index (χ4v) is 2.25. The van der Waals surface area contributed by atoms with Gasteiger partial charge in [0, 0.05) is 10.6 Å². The van der Waals surface area contributed by atoms with Gasteiger partial charge in [0.2, 0.25) is 0 Å². The molecule has 0 aliphatic heterocycles. The predicted molar refractivity (Wildman–Crippen MR) is 96.3 cm³/mol. The van der Waals surface area contributed by atoms with E-state index in [0.29, 0.717) is 12.3 Å². The van der Waals surface area contributed by atoms with Crippen molar-refractivity contribution in [3.8, 4) is 11.8 Å². The molecule has 24 heavy (non-hydrogen) atoms. The van der Waals surface area contributed by atoms with Crippen molar-refractivity contribution in [2.75, 3.05) is 11.9 Å². The lowest BCUT2D eigenvalue weighted by Crippen LogP contribution is -2.13. The minimum absolute atomic E-state index is 0.0245. The first-order valence-electron chi connectivity index (χ1n) is 7.29. The van der Waals surface area contributed by atoms with Crippen LogP contribution in [0.15, 0.2) is 59.0 Å². The minimum atomic E-state index is -0.459. The van der Waals surface area contributed by atoms with Crippen molar-refractivity contribution in [3.63, 3.8) is 0 Å². The van der Waals surface area contributed by atoms with Crippen LogP contribution in [0, 0.1) is 11.3 Å². The average Bonchev–Trinajstić information content (AvgIpc) is 2.62. The summed E-state index contributed by atoms with van der Waals surface area (Å²) in [5, 5.41) is 17.4. The van der Waals surface area contributed by atoms with Gasteiger partial charge in [-0.2, -0.15) is 5.26 Å². The van der Waals surface area contributed by atoms with Gasteiger partial charge in [0.05, 0.1) is 6.61 Å². The highest BCUT2D eigenvalue weighted by atomic mass is 32.2. The van der Waals surface area contributed by atoms with E-state index < -0.39 is 5.91 Å². The van der Waals surface area contributed by atoms with Gasteiger partial charge in [0.25, 0.3) is 5.91 Å². The molecule has 0 aromatic heterocycles. The van der Waals surface area contributed by atoms with Crippen molar-refractivity contribution in [1.29, 1.82) is 5.26 Å². The summed E-state index contributed by atoms with van der Waals surface area (Å²) in [6, 6.07) is 16.2. The number of rotatable bonds is 6. The molecule has 0 saturated carbocycles. The van der Waals surface area contributed by atoms with E-state index in [-0.39, 0.29) is 5.57 Å². The highest BCUT2D eigenvalue weighted by Gasteiger charge is 2.09. The maximum atomic E-state index is 12.2. The van der Waals surface area contributed by atoms with Crippen LogP contribution in [0.1, 0.15) is 12.5 Å². The number of nitrogens with two attached hydrogens (primary N) is 1. The molecule has 0 aliphatic rings. The summed E-state index contributed by atoms with van der Waals surface area (Å²) >= 11 is 1.13. The zero-order valence-corrected chi connectivity index (χ0v) is 14.0. The Morgan fingerprint density at radius 2 is 1.92 bits per heavy atom. The topological polar surface area (TPSA) is 88.1 Å². The van der Waals surface area contributed by atoms with Gasteiger partial charge in [-0.25, -0.2) is 0 Å². The fraction of sp³-hybridized carbons (Fsp3) is 0.111. The van der Waals surface area contributed by atoms with E-state index >= 15 is 0 Å². The number of nitrogens with zero attached hydrogens (tertiary/aromatic N) is 1. The van der Waals surface area contributed by atoms with Crippen LogP contribution in [0.2, 0.25) is 0 Å². The largest absolute Gasteiger partial charge is 0.494 e. The second kappa shape index (κ2) is 8.77. The summed E-state index contributed by atoms with van der Waals surface area (Å²) in [5.41, 5.74) is 1.38. The Labute approximate surface area is 145 Å². The third-order valence-corrected chi connectivity index (χ3v) is 3.66. The van der Waals surface area contributed by atoms with Gasteiger partial charge in [-0.05, 0) is 66.9 Å². The Morgan fingerprint density at radius 1 is 1.25 bits per heavy atom. The van der Waals surface area contributed by atoms with Gasteiger partial charge >= 0.3 is 0 Å². The lowest BCUT2D eigenvalue weighted by Gasteiger charge is -2.05. The summed E-state index contributed by atoms with van der Waals surface area (Å²) < 4.78 is 5.36. The molecule has 6 heteroatoms. The number of hydrogen-bond acceptors (Lipinski definition) is 5. The molecule has 0 fully saturated rings. The van der Waals surface area contributed by atoms with Crippen molar-refractivity contribution in [2.24, 2.45) is 5.14 Å². The summed E-state index contributed by atoms with van der Waals surface area (Å²) in [5.74, 6) is 0.287. The molecule has 0 unspecified atom stereocenters. The number of amides is 1. The molecule has 0 spiro atoms. The summed E-state index contributed by atoms with van der Waals surface area (Å²) in [6.07, 6.45) is 1.54. The third kappa shape index (κ3) is 4.88. The molecule has 0 atom stereocenters. The minimum Gasteiger partial charge on any atom is -0.494 e. The SMILES string of the molecule is CCOc1ccc(/C=C(\C#N)C(=O)Nc2ccc(SN)cc2)cc1. The van der Waals surface area contributed by atoms with E-state index in [9.17, 15) is 10.1 Å². The number of hydrogen-bond donors (Lipinski definition) is 2. The van der Waals surface area contributed by atoms with Crippen LogP contribution in [-0.4, -0.2) is 12.5 Å². The lowest BCUT2D eigenvalue weighted by atomic mass is 10.1. The molecule has 1 amide bonds. The molecule has 5 nitrogen and oxygen atoms in total. The second-order valence-electron chi connectivity index (χ2n) is 4.77. The number of benzene rings is 2. The molecule has 0 aliphatic carbocycles. The standard InChI is InChI=1S/C18H17N3O2S/c1-2-23-16-7-3-13(4-8-16)11-14(12-19)18(22)21-15-5-9-17(24-20)10-6-15/h3-11H,2,20H2,1H3,(H,21,22)/b14-11+. The van der Waals surface area contributed by atoms with Gasteiger partial charge < -0.3 is 10.1 Å². The van der Waals surface area contributed by atoms with Gasteiger partial charge in [0.1, 0.15) is 17.4 Å². The number of nitrogens with one attached hydrogen (secondary N) is 1. The fourth-order valence-electron chi connectivity index (χ4n) is 1.96. The van der Waals surface area contributed by atoms with Gasteiger partial charge in [-0.3, -0.25) is 9.93 Å². The molecule has 3 N–H and O–H groups in total. The molecule has 0 heterocycles. The summed E-state index contributed by atoms with van der Waals surface area (Å²) in [6.45, 7) is 2.49. The van der Waals surface area contributed by atoms with Crippen LogP contribution in [0.4, 0.5) is 5.69 Å². The Morgan fingerprint density at radius 3 is 2.46 bits per heavy atom. The smallest absolute Gasteiger partial charge is 0.266 e. The molecule has 0 bridgehead atoms. The molecule has 122 valence electrons. The van der Waals surface area contributed by atoms with Crippen molar-refractivity contribution < 1.29 is 9.53 Å². The lowest BCUT2D eigenvalue weighted by molar-refractivity contribution is -0.112. The van der Waals surface area contributed by atoms with Crippen LogP contribution in [0.3, 0.4) is 0 Å². The number of anilines is 1. The van der Waals surface area contributed by atoms with Crippen molar-refractivity contribution in [3.05, 3.63) is 59.7 Å². The van der Waals surface area contributed by atoms with Gasteiger partial charge in [0.15, 0.2) is 0 Å². The van der Waals surface area contributed by atoms with Crippen LogP contribution in [-0.2, 0) is 4.79 Å². The van der Waals surface area contributed by atoms with E-state index in [4.69, 9.17) is 9.88 Å². The van der Waals surface area contributed by atoms with Gasteiger partial charge in [-0.15, -0.1) is 0 Å². The normalized spacial score (nSPS) is 10.8. The summed E-state index contributed by atoms with van der Waals surface area (Å²) in [4.78, 5) is 13.1. The van der Waals surface area contributed by atoms with Crippen LogP contribution < -0.4 is 15.2 Å². The Bertz CT molecular complexity index is 762. The highest BCUT2D eigenvalue weighted by Crippen LogP contribution is 2.18. The molecule has 0 radical (unpaired) electrons. The van der Waals surface area contributed by atoms with Crippen LogP contribution in [0.5, 0.6) is 5.75 Å². The first-order valence-corrected chi connectivity index (χ1v) is 8.17. The molecule has 2 rings (SSSR count). The van der Waals surface area contributed by atoms with E-state index in [1.807, 2.05) is 13.0 Å². The third-order valence-electron chi connectivity index (χ3n) is 3.12. The Kier molecular flexibility index (Phi) is 6.43. The molecule has 2 aromatic rings. The van der Waals surface area contributed by atoms with E-state index in [1.54, 1.807) is 48.5 Å². The van der Waals surface area contributed by atoms with Crippen molar-refractivity contribution in [1.82, 2.24) is 0 Å². The van der Waals surface area contributed by atoms with Crippen molar-refractivity contribution >= 4 is 29.6 Å². The zero-order chi connectivity index (χ0) is 17.4. The predicted octanol–water partition coefficient (Wildman–Crippen LogP) is 3.60. The molecule has 0 saturated heterocycles. The quantitative estimate of drug-likeness (QED) is 0.477. The Balaban J connectivity index is 2.11. The zero-order valence-electron chi connectivity index (χ0n) is 13.2.